The van der Waals surface area contributed by atoms with Crippen LogP contribution < -0.4 is 15.5 Å². The van der Waals surface area contributed by atoms with E-state index in [4.69, 9.17) is 4.42 Å². The van der Waals surface area contributed by atoms with Crippen LogP contribution in [-0.4, -0.2) is 41.8 Å². The summed E-state index contributed by atoms with van der Waals surface area (Å²) in [5.41, 5.74) is 0. The van der Waals surface area contributed by atoms with E-state index in [2.05, 4.69) is 27.8 Å². The highest BCUT2D eigenvalue weighted by Crippen LogP contribution is 2.16. The molecule has 0 aromatic carbocycles. The van der Waals surface area contributed by atoms with E-state index >= 15 is 0 Å². The van der Waals surface area contributed by atoms with E-state index in [1.807, 2.05) is 11.8 Å². The predicted octanol–water partition coefficient (Wildman–Crippen LogP) is -0.106. The summed E-state index contributed by atoms with van der Waals surface area (Å²) >= 11 is 0. The van der Waals surface area contributed by atoms with Gasteiger partial charge in [0.2, 0.25) is 11.8 Å². The van der Waals surface area contributed by atoms with Crippen molar-refractivity contribution in [3.63, 3.8) is 0 Å². The van der Waals surface area contributed by atoms with Crippen LogP contribution in [0.3, 0.4) is 0 Å². The molecule has 2 heterocycles. The van der Waals surface area contributed by atoms with Crippen molar-refractivity contribution in [1.82, 2.24) is 20.8 Å². The van der Waals surface area contributed by atoms with Crippen LogP contribution in [-0.2, 0) is 11.3 Å². The van der Waals surface area contributed by atoms with E-state index in [1.165, 1.54) is 0 Å². The maximum absolute atomic E-state index is 11.5. The molecule has 100 valence electrons. The average molecular weight is 253 g/mol. The van der Waals surface area contributed by atoms with Gasteiger partial charge in [0.25, 0.3) is 0 Å². The highest BCUT2D eigenvalue weighted by atomic mass is 16.4. The molecule has 0 bridgehead atoms. The minimum atomic E-state index is -0.268. The van der Waals surface area contributed by atoms with Crippen LogP contribution in [0.1, 0.15) is 26.2 Å². The first-order valence-corrected chi connectivity index (χ1v) is 6.29. The number of nitrogens with one attached hydrogen (secondary N) is 2. The molecule has 0 aliphatic carbocycles. The van der Waals surface area contributed by atoms with Gasteiger partial charge in [-0.2, -0.15) is 0 Å². The molecule has 1 aliphatic rings. The van der Waals surface area contributed by atoms with Gasteiger partial charge in [-0.05, 0) is 19.9 Å². The largest absolute Gasteiger partial charge is 0.407 e. The summed E-state index contributed by atoms with van der Waals surface area (Å²) in [6.45, 7) is 6.70. The minimum Gasteiger partial charge on any atom is -0.407 e. The first-order chi connectivity index (χ1) is 8.72. The Bertz CT molecular complexity index is 406. The lowest BCUT2D eigenvalue weighted by molar-refractivity contribution is -0.123. The highest BCUT2D eigenvalue weighted by molar-refractivity contribution is 5.85. The fourth-order valence-corrected chi connectivity index (χ4v) is 1.85. The van der Waals surface area contributed by atoms with Gasteiger partial charge in [0, 0.05) is 13.1 Å². The molecule has 2 N–H and O–H groups in total. The maximum atomic E-state index is 11.5. The van der Waals surface area contributed by atoms with Crippen molar-refractivity contribution < 1.29 is 9.21 Å². The predicted molar refractivity (Wildman–Crippen MR) is 66.1 cm³/mol. The Kier molecular flexibility index (Phi) is 4.14. The van der Waals surface area contributed by atoms with Gasteiger partial charge in [-0.1, -0.05) is 12.0 Å². The zero-order valence-corrected chi connectivity index (χ0v) is 10.8. The molecule has 1 unspecified atom stereocenters. The molecule has 1 atom stereocenters. The fraction of sp³-hybridized carbons (Fsp3) is 0.727. The molecular weight excluding hydrogens is 234 g/mol. The second-order valence-corrected chi connectivity index (χ2v) is 4.32. The number of hydrogen-bond donors (Lipinski definition) is 2. The zero-order chi connectivity index (χ0) is 13.0. The van der Waals surface area contributed by atoms with Gasteiger partial charge in [0.05, 0.1) is 6.54 Å². The van der Waals surface area contributed by atoms with Gasteiger partial charge >= 0.3 is 6.01 Å². The van der Waals surface area contributed by atoms with Crippen LogP contribution in [0.25, 0.3) is 0 Å². The molecule has 1 amide bonds. The van der Waals surface area contributed by atoms with E-state index < -0.39 is 0 Å². The Balaban J connectivity index is 1.98. The summed E-state index contributed by atoms with van der Waals surface area (Å²) < 4.78 is 5.55. The molecule has 18 heavy (non-hydrogen) atoms. The first-order valence-electron chi connectivity index (χ1n) is 6.29. The SMILES string of the molecule is CCCNCc1nnc(N2CCNC(=O)C2C)o1. The lowest BCUT2D eigenvalue weighted by Crippen LogP contribution is -2.54. The lowest BCUT2D eigenvalue weighted by atomic mass is 10.2. The van der Waals surface area contributed by atoms with Crippen molar-refractivity contribution in [3.8, 4) is 0 Å². The third kappa shape index (κ3) is 2.79. The summed E-state index contributed by atoms with van der Waals surface area (Å²) in [6.07, 6.45) is 1.06. The standard InChI is InChI=1S/C11H19N5O2/c1-3-4-12-7-9-14-15-11(18-9)16-6-5-13-10(17)8(16)2/h8,12H,3-7H2,1-2H3,(H,13,17). The molecule has 1 aromatic heterocycles. The first kappa shape index (κ1) is 12.8. The molecule has 0 saturated carbocycles. The minimum absolute atomic E-state index is 0.00916. The second kappa shape index (κ2) is 5.81. The van der Waals surface area contributed by atoms with E-state index in [0.29, 0.717) is 31.5 Å². The lowest BCUT2D eigenvalue weighted by Gasteiger charge is -2.30. The molecule has 0 radical (unpaired) electrons. The maximum Gasteiger partial charge on any atom is 0.318 e. The third-order valence-corrected chi connectivity index (χ3v) is 2.90. The average Bonchev–Trinajstić information content (AvgIpc) is 2.82. The normalized spacial score (nSPS) is 20.0. The molecule has 7 heteroatoms. The van der Waals surface area contributed by atoms with Crippen molar-refractivity contribution in [2.75, 3.05) is 24.5 Å². The Morgan fingerprint density at radius 3 is 3.17 bits per heavy atom. The van der Waals surface area contributed by atoms with Gasteiger partial charge in [0.1, 0.15) is 6.04 Å². The van der Waals surface area contributed by atoms with Crippen molar-refractivity contribution in [1.29, 1.82) is 0 Å². The van der Waals surface area contributed by atoms with Gasteiger partial charge < -0.3 is 20.0 Å². The Morgan fingerprint density at radius 1 is 1.56 bits per heavy atom. The number of aromatic nitrogens is 2. The van der Waals surface area contributed by atoms with Crippen molar-refractivity contribution in [2.45, 2.75) is 32.9 Å². The number of anilines is 1. The number of nitrogens with zero attached hydrogens (tertiary/aromatic N) is 3. The molecule has 0 spiro atoms. The van der Waals surface area contributed by atoms with Crippen LogP contribution >= 0.6 is 0 Å². The molecule has 2 rings (SSSR count). The van der Waals surface area contributed by atoms with Crippen LogP contribution in [0.15, 0.2) is 4.42 Å². The van der Waals surface area contributed by atoms with E-state index in [0.717, 1.165) is 13.0 Å². The van der Waals surface area contributed by atoms with Crippen LogP contribution in [0, 0.1) is 0 Å². The quantitative estimate of drug-likeness (QED) is 0.713. The Labute approximate surface area is 106 Å². The third-order valence-electron chi connectivity index (χ3n) is 2.90. The number of carbonyl (C=O) groups excluding carboxylic acids is 1. The smallest absolute Gasteiger partial charge is 0.318 e. The monoisotopic (exact) mass is 253 g/mol. The van der Waals surface area contributed by atoms with Crippen molar-refractivity contribution in [2.24, 2.45) is 0 Å². The van der Waals surface area contributed by atoms with Crippen molar-refractivity contribution >= 4 is 11.9 Å². The topological polar surface area (TPSA) is 83.3 Å². The fourth-order valence-electron chi connectivity index (χ4n) is 1.85. The highest BCUT2D eigenvalue weighted by Gasteiger charge is 2.29. The number of hydrogen-bond acceptors (Lipinski definition) is 6. The molecule has 1 aliphatic heterocycles. The molecule has 7 nitrogen and oxygen atoms in total. The number of piperazine rings is 1. The van der Waals surface area contributed by atoms with Gasteiger partial charge in [-0.3, -0.25) is 4.79 Å². The summed E-state index contributed by atoms with van der Waals surface area (Å²) in [5.74, 6) is 0.543. The molecular formula is C11H19N5O2. The van der Waals surface area contributed by atoms with Crippen LogP contribution in [0.4, 0.5) is 6.01 Å². The van der Waals surface area contributed by atoms with Crippen molar-refractivity contribution in [3.05, 3.63) is 5.89 Å². The second-order valence-electron chi connectivity index (χ2n) is 4.32. The molecule has 1 saturated heterocycles. The van der Waals surface area contributed by atoms with Crippen LogP contribution in [0.2, 0.25) is 0 Å². The van der Waals surface area contributed by atoms with Gasteiger partial charge in [-0.15, -0.1) is 5.10 Å². The number of carbonyl (C=O) groups is 1. The van der Waals surface area contributed by atoms with E-state index in [9.17, 15) is 4.79 Å². The molecule has 1 fully saturated rings. The van der Waals surface area contributed by atoms with Gasteiger partial charge in [0.15, 0.2) is 0 Å². The summed E-state index contributed by atoms with van der Waals surface area (Å²) in [5, 5.41) is 14.0. The van der Waals surface area contributed by atoms with Crippen LogP contribution in [0.5, 0.6) is 0 Å². The van der Waals surface area contributed by atoms with E-state index in [-0.39, 0.29) is 11.9 Å². The summed E-state index contributed by atoms with van der Waals surface area (Å²) in [4.78, 5) is 13.4. The summed E-state index contributed by atoms with van der Waals surface area (Å²) in [7, 11) is 0. The number of rotatable bonds is 5. The summed E-state index contributed by atoms with van der Waals surface area (Å²) in [6, 6.07) is 0.154. The zero-order valence-electron chi connectivity index (χ0n) is 10.8. The molecule has 1 aromatic rings. The number of amides is 1. The van der Waals surface area contributed by atoms with E-state index in [1.54, 1.807) is 0 Å². The Hall–Kier alpha value is -1.63. The Morgan fingerprint density at radius 2 is 2.39 bits per heavy atom. The van der Waals surface area contributed by atoms with Gasteiger partial charge in [-0.25, -0.2) is 0 Å².